The van der Waals surface area contributed by atoms with Crippen LogP contribution in [0.4, 0.5) is 0 Å². The smallest absolute Gasteiger partial charge is 0.219 e. The third-order valence-electron chi connectivity index (χ3n) is 4.37. The van der Waals surface area contributed by atoms with E-state index in [1.165, 1.54) is 25.7 Å². The Morgan fingerprint density at radius 1 is 1.22 bits per heavy atom. The fourth-order valence-corrected chi connectivity index (χ4v) is 3.25. The predicted molar refractivity (Wildman–Crippen MR) is 71.3 cm³/mol. The maximum atomic E-state index is 11.2. The van der Waals surface area contributed by atoms with Gasteiger partial charge in [-0.15, -0.1) is 0 Å². The molecule has 0 radical (unpaired) electrons. The summed E-state index contributed by atoms with van der Waals surface area (Å²) in [5, 5.41) is 10.1. The number of nitrogens with zero attached hydrogens (tertiary/aromatic N) is 2. The van der Waals surface area contributed by atoms with Crippen molar-refractivity contribution in [2.45, 2.75) is 45.1 Å². The average molecular weight is 254 g/mol. The molecule has 2 rings (SSSR count). The zero-order valence-electron chi connectivity index (χ0n) is 11.5. The summed E-state index contributed by atoms with van der Waals surface area (Å²) in [6.45, 7) is 5.84. The second kappa shape index (κ2) is 6.53. The lowest BCUT2D eigenvalue weighted by Gasteiger charge is -2.35. The summed E-state index contributed by atoms with van der Waals surface area (Å²) in [6, 6.07) is 0. The Hall–Kier alpha value is -0.610. The highest BCUT2D eigenvalue weighted by molar-refractivity contribution is 5.73. The van der Waals surface area contributed by atoms with Gasteiger partial charge in [-0.05, 0) is 12.3 Å². The topological polar surface area (TPSA) is 43.8 Å². The number of hydrogen-bond donors (Lipinski definition) is 1. The Morgan fingerprint density at radius 2 is 1.83 bits per heavy atom. The van der Waals surface area contributed by atoms with Crippen molar-refractivity contribution in [1.82, 2.24) is 9.80 Å². The van der Waals surface area contributed by atoms with Crippen LogP contribution in [0, 0.1) is 5.92 Å². The van der Waals surface area contributed by atoms with Crippen LogP contribution in [0.1, 0.15) is 39.0 Å². The molecule has 0 aromatic carbocycles. The maximum absolute atomic E-state index is 11.2. The largest absolute Gasteiger partial charge is 0.392 e. The summed E-state index contributed by atoms with van der Waals surface area (Å²) in [4.78, 5) is 15.4. The van der Waals surface area contributed by atoms with E-state index < -0.39 is 0 Å². The lowest BCUT2D eigenvalue weighted by Crippen LogP contribution is -2.49. The van der Waals surface area contributed by atoms with E-state index in [9.17, 15) is 9.90 Å². The highest BCUT2D eigenvalue weighted by Crippen LogP contribution is 2.28. The molecule has 0 aromatic rings. The lowest BCUT2D eigenvalue weighted by atomic mass is 10.00. The zero-order chi connectivity index (χ0) is 13.0. The van der Waals surface area contributed by atoms with Crippen LogP contribution in [-0.4, -0.2) is 59.6 Å². The van der Waals surface area contributed by atoms with Crippen LogP contribution < -0.4 is 0 Å². The van der Waals surface area contributed by atoms with Crippen LogP contribution in [-0.2, 0) is 4.79 Å². The first-order chi connectivity index (χ1) is 8.65. The SMILES string of the molecule is CC(=O)N1CCN(CC(O)CC2CCCC2)CC1. The van der Waals surface area contributed by atoms with Crippen molar-refractivity contribution >= 4 is 5.91 Å². The van der Waals surface area contributed by atoms with Gasteiger partial charge in [0.05, 0.1) is 6.10 Å². The first-order valence-corrected chi connectivity index (χ1v) is 7.31. The fraction of sp³-hybridized carbons (Fsp3) is 0.929. The molecule has 1 heterocycles. The van der Waals surface area contributed by atoms with Crippen LogP contribution in [0.25, 0.3) is 0 Å². The minimum atomic E-state index is -0.183. The van der Waals surface area contributed by atoms with E-state index in [4.69, 9.17) is 0 Å². The molecule has 1 N–H and O–H groups in total. The van der Waals surface area contributed by atoms with Gasteiger partial charge in [-0.3, -0.25) is 9.69 Å². The van der Waals surface area contributed by atoms with Crippen molar-refractivity contribution in [3.05, 3.63) is 0 Å². The molecule has 1 unspecified atom stereocenters. The molecular weight excluding hydrogens is 228 g/mol. The van der Waals surface area contributed by atoms with Gasteiger partial charge < -0.3 is 10.0 Å². The Bertz CT molecular complexity index is 269. The van der Waals surface area contributed by atoms with Gasteiger partial charge in [0, 0.05) is 39.6 Å². The molecule has 0 spiro atoms. The first kappa shape index (κ1) is 13.8. The molecule has 4 nitrogen and oxygen atoms in total. The summed E-state index contributed by atoms with van der Waals surface area (Å²) in [6.07, 6.45) is 6.07. The van der Waals surface area contributed by atoms with Crippen molar-refractivity contribution in [1.29, 1.82) is 0 Å². The number of carbonyl (C=O) groups is 1. The highest BCUT2D eigenvalue weighted by Gasteiger charge is 2.23. The monoisotopic (exact) mass is 254 g/mol. The quantitative estimate of drug-likeness (QED) is 0.817. The van der Waals surface area contributed by atoms with Gasteiger partial charge in [0.2, 0.25) is 5.91 Å². The number of aliphatic hydroxyl groups is 1. The van der Waals surface area contributed by atoms with E-state index in [0.29, 0.717) is 0 Å². The minimum absolute atomic E-state index is 0.168. The van der Waals surface area contributed by atoms with Crippen molar-refractivity contribution in [3.8, 4) is 0 Å². The number of aliphatic hydroxyl groups excluding tert-OH is 1. The van der Waals surface area contributed by atoms with Gasteiger partial charge >= 0.3 is 0 Å². The molecule has 4 heteroatoms. The standard InChI is InChI=1S/C14H26N2O2/c1-12(17)16-8-6-15(7-9-16)11-14(18)10-13-4-2-3-5-13/h13-14,18H,2-11H2,1H3. The summed E-state index contributed by atoms with van der Waals surface area (Å²) in [7, 11) is 0. The van der Waals surface area contributed by atoms with E-state index in [2.05, 4.69) is 4.90 Å². The molecule has 2 fully saturated rings. The van der Waals surface area contributed by atoms with Crippen LogP contribution >= 0.6 is 0 Å². The molecular formula is C14H26N2O2. The summed E-state index contributed by atoms with van der Waals surface area (Å²) in [5.74, 6) is 0.916. The number of piperazine rings is 1. The van der Waals surface area contributed by atoms with E-state index in [1.807, 2.05) is 4.90 Å². The average Bonchev–Trinajstić information content (AvgIpc) is 2.82. The normalized spacial score (nSPS) is 24.4. The molecule has 1 saturated carbocycles. The van der Waals surface area contributed by atoms with Gasteiger partial charge in [-0.1, -0.05) is 25.7 Å². The molecule has 1 aliphatic heterocycles. The molecule has 18 heavy (non-hydrogen) atoms. The Balaban J connectivity index is 1.65. The van der Waals surface area contributed by atoms with Gasteiger partial charge in [0.15, 0.2) is 0 Å². The third kappa shape index (κ3) is 3.95. The van der Waals surface area contributed by atoms with E-state index >= 15 is 0 Å². The molecule has 0 aromatic heterocycles. The molecule has 1 saturated heterocycles. The molecule has 104 valence electrons. The molecule has 2 aliphatic rings. The second-order valence-electron chi connectivity index (χ2n) is 5.85. The van der Waals surface area contributed by atoms with Gasteiger partial charge in [-0.25, -0.2) is 0 Å². The molecule has 0 bridgehead atoms. The molecule has 1 atom stereocenters. The van der Waals surface area contributed by atoms with E-state index in [1.54, 1.807) is 6.92 Å². The van der Waals surface area contributed by atoms with Crippen molar-refractivity contribution in [2.24, 2.45) is 5.92 Å². The van der Waals surface area contributed by atoms with Gasteiger partial charge in [0.25, 0.3) is 0 Å². The first-order valence-electron chi connectivity index (χ1n) is 7.31. The number of β-amino-alcohol motifs (C(OH)–C–C–N with tert-alkyl or cyclic N) is 1. The Kier molecular flexibility index (Phi) is 5.01. The Morgan fingerprint density at radius 3 is 2.39 bits per heavy atom. The number of rotatable bonds is 4. The van der Waals surface area contributed by atoms with Crippen molar-refractivity contribution in [2.75, 3.05) is 32.7 Å². The number of amides is 1. The molecule has 1 amide bonds. The number of hydrogen-bond acceptors (Lipinski definition) is 3. The number of carbonyl (C=O) groups excluding carboxylic acids is 1. The van der Waals surface area contributed by atoms with Crippen molar-refractivity contribution < 1.29 is 9.90 Å². The van der Waals surface area contributed by atoms with E-state index in [-0.39, 0.29) is 12.0 Å². The second-order valence-corrected chi connectivity index (χ2v) is 5.85. The van der Waals surface area contributed by atoms with E-state index in [0.717, 1.165) is 45.1 Å². The van der Waals surface area contributed by atoms with Gasteiger partial charge in [0.1, 0.15) is 0 Å². The summed E-state index contributed by atoms with van der Waals surface area (Å²) < 4.78 is 0. The highest BCUT2D eigenvalue weighted by atomic mass is 16.3. The van der Waals surface area contributed by atoms with Gasteiger partial charge in [-0.2, -0.15) is 0 Å². The maximum Gasteiger partial charge on any atom is 0.219 e. The lowest BCUT2D eigenvalue weighted by molar-refractivity contribution is -0.130. The molecule has 1 aliphatic carbocycles. The predicted octanol–water partition coefficient (Wildman–Crippen LogP) is 1.09. The summed E-state index contributed by atoms with van der Waals surface area (Å²) in [5.41, 5.74) is 0. The Labute approximate surface area is 110 Å². The fourth-order valence-electron chi connectivity index (χ4n) is 3.25. The minimum Gasteiger partial charge on any atom is -0.392 e. The van der Waals surface area contributed by atoms with Crippen LogP contribution in [0.3, 0.4) is 0 Å². The van der Waals surface area contributed by atoms with Crippen molar-refractivity contribution in [3.63, 3.8) is 0 Å². The van der Waals surface area contributed by atoms with Crippen LogP contribution in [0.5, 0.6) is 0 Å². The third-order valence-corrected chi connectivity index (χ3v) is 4.37. The van der Waals surface area contributed by atoms with Crippen LogP contribution in [0.2, 0.25) is 0 Å². The van der Waals surface area contributed by atoms with Crippen LogP contribution in [0.15, 0.2) is 0 Å². The zero-order valence-corrected chi connectivity index (χ0v) is 11.5. The summed E-state index contributed by atoms with van der Waals surface area (Å²) >= 11 is 0.